The van der Waals surface area contributed by atoms with Gasteiger partial charge in [-0.1, -0.05) is 18.2 Å². The number of halogens is 2. The van der Waals surface area contributed by atoms with Crippen molar-refractivity contribution in [3.8, 4) is 5.75 Å². The molecule has 2 nitrogen and oxygen atoms in total. The van der Waals surface area contributed by atoms with E-state index in [0.29, 0.717) is 17.9 Å². The zero-order chi connectivity index (χ0) is 14.3. The minimum absolute atomic E-state index is 0.166. The van der Waals surface area contributed by atoms with Gasteiger partial charge in [-0.3, -0.25) is 0 Å². The van der Waals surface area contributed by atoms with Crippen LogP contribution in [-0.2, 0) is 12.0 Å². The van der Waals surface area contributed by atoms with Crippen molar-refractivity contribution < 1.29 is 18.6 Å². The fourth-order valence-electron chi connectivity index (χ4n) is 2.59. The highest BCUT2D eigenvalue weighted by molar-refractivity contribution is 5.50. The molecule has 0 aromatic heterocycles. The molecule has 4 heteroatoms. The lowest BCUT2D eigenvalue weighted by molar-refractivity contribution is 0.0980. The van der Waals surface area contributed by atoms with E-state index in [1.165, 1.54) is 6.92 Å². The fraction of sp³-hybridized carbons (Fsp3) is 0.250. The molecule has 0 saturated heterocycles. The quantitative estimate of drug-likeness (QED) is 0.913. The Balaban J connectivity index is 2.14. The number of aliphatic hydroxyl groups is 1. The van der Waals surface area contributed by atoms with Gasteiger partial charge < -0.3 is 9.84 Å². The van der Waals surface area contributed by atoms with Crippen LogP contribution in [-0.4, -0.2) is 11.7 Å². The molecule has 1 N–H and O–H groups in total. The molecule has 2 aromatic carbocycles. The van der Waals surface area contributed by atoms with Gasteiger partial charge in [-0.15, -0.1) is 0 Å². The van der Waals surface area contributed by atoms with Gasteiger partial charge >= 0.3 is 0 Å². The molecule has 0 aliphatic carbocycles. The van der Waals surface area contributed by atoms with Gasteiger partial charge in [0.1, 0.15) is 23.0 Å². The Morgan fingerprint density at radius 2 is 1.85 bits per heavy atom. The molecule has 0 bridgehead atoms. The molecule has 3 rings (SSSR count). The standard InChI is InChI=1S/C16H14F2O2/c1-16(19,11-7-12(17)9-13(18)8-11)14-4-2-3-10-5-6-20-15(10)14/h2-4,7-9,19H,5-6H2,1H3. The van der Waals surface area contributed by atoms with E-state index in [9.17, 15) is 13.9 Å². The van der Waals surface area contributed by atoms with Gasteiger partial charge in [0.25, 0.3) is 0 Å². The van der Waals surface area contributed by atoms with E-state index in [-0.39, 0.29) is 5.56 Å². The molecule has 0 amide bonds. The molecule has 2 aromatic rings. The monoisotopic (exact) mass is 276 g/mol. The maximum Gasteiger partial charge on any atom is 0.129 e. The van der Waals surface area contributed by atoms with Crippen molar-refractivity contribution >= 4 is 0 Å². The van der Waals surface area contributed by atoms with Crippen LogP contribution in [0.5, 0.6) is 5.75 Å². The summed E-state index contributed by atoms with van der Waals surface area (Å²) in [6.45, 7) is 2.07. The average molecular weight is 276 g/mol. The van der Waals surface area contributed by atoms with Crippen LogP contribution >= 0.6 is 0 Å². The number of ether oxygens (including phenoxy) is 1. The summed E-state index contributed by atoms with van der Waals surface area (Å²) in [5.74, 6) is -0.815. The second-order valence-corrected chi connectivity index (χ2v) is 5.12. The number of hydrogen-bond donors (Lipinski definition) is 1. The lowest BCUT2D eigenvalue weighted by Gasteiger charge is -2.26. The SMILES string of the molecule is CC(O)(c1cc(F)cc(F)c1)c1cccc2c1OCC2. The number of hydrogen-bond acceptors (Lipinski definition) is 2. The molecule has 1 heterocycles. The summed E-state index contributed by atoms with van der Waals surface area (Å²) < 4.78 is 32.3. The van der Waals surface area contributed by atoms with Gasteiger partial charge in [0.05, 0.1) is 6.61 Å². The molecule has 1 aliphatic heterocycles. The first-order chi connectivity index (χ1) is 9.48. The highest BCUT2D eigenvalue weighted by atomic mass is 19.1. The summed E-state index contributed by atoms with van der Waals surface area (Å²) in [6.07, 6.45) is 0.775. The van der Waals surface area contributed by atoms with E-state index in [2.05, 4.69) is 0 Å². The van der Waals surface area contributed by atoms with Gasteiger partial charge in [-0.05, 0) is 30.2 Å². The second kappa shape index (κ2) is 4.56. The Morgan fingerprint density at radius 1 is 1.15 bits per heavy atom. The second-order valence-electron chi connectivity index (χ2n) is 5.12. The third-order valence-corrected chi connectivity index (χ3v) is 3.66. The molecule has 1 aliphatic rings. The Morgan fingerprint density at radius 3 is 2.55 bits per heavy atom. The minimum atomic E-state index is -1.52. The van der Waals surface area contributed by atoms with Crippen molar-refractivity contribution in [2.24, 2.45) is 0 Å². The molecule has 0 spiro atoms. The predicted octanol–water partition coefficient (Wildman–Crippen LogP) is 3.16. The van der Waals surface area contributed by atoms with Crippen LogP contribution in [0, 0.1) is 11.6 Å². The van der Waals surface area contributed by atoms with Gasteiger partial charge in [0.2, 0.25) is 0 Å². The maximum atomic E-state index is 13.4. The first-order valence-electron chi connectivity index (χ1n) is 6.42. The third-order valence-electron chi connectivity index (χ3n) is 3.66. The third kappa shape index (κ3) is 2.06. The average Bonchev–Trinajstić information content (AvgIpc) is 2.85. The zero-order valence-corrected chi connectivity index (χ0v) is 11.0. The molecule has 0 fully saturated rings. The van der Waals surface area contributed by atoms with Crippen molar-refractivity contribution in [1.29, 1.82) is 0 Å². The van der Waals surface area contributed by atoms with Crippen LogP contribution in [0.25, 0.3) is 0 Å². The Hall–Kier alpha value is -1.94. The van der Waals surface area contributed by atoms with Crippen LogP contribution in [0.15, 0.2) is 36.4 Å². The van der Waals surface area contributed by atoms with Crippen LogP contribution in [0.3, 0.4) is 0 Å². The Bertz CT molecular complexity index is 645. The predicted molar refractivity (Wildman–Crippen MR) is 70.7 cm³/mol. The summed E-state index contributed by atoms with van der Waals surface area (Å²) in [5.41, 5.74) is 0.176. The summed E-state index contributed by atoms with van der Waals surface area (Å²) >= 11 is 0. The van der Waals surface area contributed by atoms with Crippen molar-refractivity contribution in [3.05, 3.63) is 64.7 Å². The summed E-state index contributed by atoms with van der Waals surface area (Å²) in [7, 11) is 0. The molecule has 20 heavy (non-hydrogen) atoms. The lowest BCUT2D eigenvalue weighted by Crippen LogP contribution is -2.24. The summed E-state index contributed by atoms with van der Waals surface area (Å²) in [6, 6.07) is 8.51. The van der Waals surface area contributed by atoms with E-state index >= 15 is 0 Å². The molecular weight excluding hydrogens is 262 g/mol. The zero-order valence-electron chi connectivity index (χ0n) is 11.0. The Labute approximate surface area is 115 Å². The first-order valence-corrected chi connectivity index (χ1v) is 6.42. The van der Waals surface area contributed by atoms with Crippen LogP contribution in [0.2, 0.25) is 0 Å². The smallest absolute Gasteiger partial charge is 0.129 e. The fourth-order valence-corrected chi connectivity index (χ4v) is 2.59. The molecular formula is C16H14F2O2. The molecule has 1 unspecified atom stereocenters. The van der Waals surface area contributed by atoms with Crippen LogP contribution in [0.4, 0.5) is 8.78 Å². The number of rotatable bonds is 2. The van der Waals surface area contributed by atoms with Crippen molar-refractivity contribution in [3.63, 3.8) is 0 Å². The van der Waals surface area contributed by atoms with Gasteiger partial charge in [-0.25, -0.2) is 8.78 Å². The van der Waals surface area contributed by atoms with E-state index in [1.54, 1.807) is 6.07 Å². The summed E-state index contributed by atoms with van der Waals surface area (Å²) in [4.78, 5) is 0. The highest BCUT2D eigenvalue weighted by Gasteiger charge is 2.32. The van der Waals surface area contributed by atoms with E-state index in [4.69, 9.17) is 4.74 Å². The highest BCUT2D eigenvalue weighted by Crippen LogP contribution is 2.40. The number of para-hydroxylation sites is 1. The minimum Gasteiger partial charge on any atom is -0.493 e. The van der Waals surface area contributed by atoms with Gasteiger partial charge in [0, 0.05) is 18.1 Å². The first kappa shape index (κ1) is 13.1. The van der Waals surface area contributed by atoms with E-state index < -0.39 is 17.2 Å². The normalized spacial score (nSPS) is 16.4. The maximum absolute atomic E-state index is 13.4. The van der Waals surface area contributed by atoms with E-state index in [0.717, 1.165) is 30.2 Å². The molecule has 1 atom stereocenters. The topological polar surface area (TPSA) is 29.5 Å². The Kier molecular flexibility index (Phi) is 2.98. The molecule has 104 valence electrons. The van der Waals surface area contributed by atoms with Crippen LogP contribution < -0.4 is 4.74 Å². The largest absolute Gasteiger partial charge is 0.493 e. The van der Waals surface area contributed by atoms with Crippen molar-refractivity contribution in [1.82, 2.24) is 0 Å². The number of benzene rings is 2. The number of fused-ring (bicyclic) bond motifs is 1. The van der Waals surface area contributed by atoms with E-state index in [1.807, 2.05) is 12.1 Å². The van der Waals surface area contributed by atoms with Gasteiger partial charge in [0.15, 0.2) is 0 Å². The summed E-state index contributed by atoms with van der Waals surface area (Å²) in [5, 5.41) is 10.8. The van der Waals surface area contributed by atoms with Gasteiger partial charge in [-0.2, -0.15) is 0 Å². The lowest BCUT2D eigenvalue weighted by atomic mass is 9.86. The van der Waals surface area contributed by atoms with Crippen molar-refractivity contribution in [2.45, 2.75) is 18.9 Å². The van der Waals surface area contributed by atoms with Crippen molar-refractivity contribution in [2.75, 3.05) is 6.61 Å². The molecule has 0 saturated carbocycles. The molecule has 0 radical (unpaired) electrons. The van der Waals surface area contributed by atoms with Crippen LogP contribution in [0.1, 0.15) is 23.6 Å².